The maximum Gasteiger partial charge on any atom is 0.132 e. The van der Waals surface area contributed by atoms with Gasteiger partial charge in [0.05, 0.1) is 15.1 Å². The van der Waals surface area contributed by atoms with Crippen LogP contribution in [0.2, 0.25) is 15.1 Å². The molecule has 0 saturated heterocycles. The zero-order valence-corrected chi connectivity index (χ0v) is 12.7. The van der Waals surface area contributed by atoms with Gasteiger partial charge in [0, 0.05) is 9.13 Å². The van der Waals surface area contributed by atoms with Gasteiger partial charge in [-0.3, -0.25) is 0 Å². The van der Waals surface area contributed by atoms with E-state index in [1.54, 1.807) is 18.2 Å². The Morgan fingerprint density at radius 3 is 2.06 bits per heavy atom. The zero-order chi connectivity index (χ0) is 12.6. The van der Waals surface area contributed by atoms with E-state index < -0.39 is 0 Å². The molecule has 0 heterocycles. The summed E-state index contributed by atoms with van der Waals surface area (Å²) in [4.78, 5) is 0. The molecule has 0 N–H and O–H groups in total. The number of halogens is 5. The predicted molar refractivity (Wildman–Crippen MR) is 79.6 cm³/mol. The molecule has 0 amide bonds. The molecule has 2 aromatic rings. The third-order valence-corrected chi connectivity index (χ3v) is 4.09. The van der Waals surface area contributed by atoms with Crippen LogP contribution in [-0.4, -0.2) is 0 Å². The van der Waals surface area contributed by atoms with Crippen LogP contribution in [0.3, 0.4) is 0 Å². The first kappa shape index (κ1) is 13.4. The van der Waals surface area contributed by atoms with Crippen LogP contribution < -0.4 is 0 Å². The molecule has 0 unspecified atom stereocenters. The molecule has 0 aromatic heterocycles. The van der Waals surface area contributed by atoms with Crippen LogP contribution in [0.4, 0.5) is 4.39 Å². The summed E-state index contributed by atoms with van der Waals surface area (Å²) in [5.74, 6) is -0.314. The number of hydrogen-bond acceptors (Lipinski definition) is 0. The van der Waals surface area contributed by atoms with Crippen molar-refractivity contribution in [3.05, 3.63) is 54.8 Å². The van der Waals surface area contributed by atoms with Gasteiger partial charge in [-0.2, -0.15) is 0 Å². The fraction of sp³-hybridized carbons (Fsp3) is 0. The smallest absolute Gasteiger partial charge is 0.132 e. The van der Waals surface area contributed by atoms with E-state index in [0.29, 0.717) is 21.2 Å². The molecule has 2 aromatic carbocycles. The molecule has 0 radical (unpaired) electrons. The second kappa shape index (κ2) is 5.31. The van der Waals surface area contributed by atoms with Gasteiger partial charge in [0.2, 0.25) is 0 Å². The second-order valence-electron chi connectivity index (χ2n) is 3.38. The van der Waals surface area contributed by atoms with Crippen molar-refractivity contribution in [3.63, 3.8) is 0 Å². The molecule has 0 atom stereocenters. The van der Waals surface area contributed by atoms with E-state index in [9.17, 15) is 4.39 Å². The van der Waals surface area contributed by atoms with Crippen LogP contribution in [0.5, 0.6) is 0 Å². The van der Waals surface area contributed by atoms with Crippen molar-refractivity contribution in [1.29, 1.82) is 0 Å². The fourth-order valence-corrected chi connectivity index (χ4v) is 2.48. The molecule has 0 fully saturated rings. The fourth-order valence-electron chi connectivity index (χ4n) is 1.43. The number of hydrogen-bond donors (Lipinski definition) is 0. The van der Waals surface area contributed by atoms with Crippen molar-refractivity contribution in [2.75, 3.05) is 0 Å². The molecule has 5 heteroatoms. The van der Waals surface area contributed by atoms with Gasteiger partial charge in [0.15, 0.2) is 0 Å². The van der Waals surface area contributed by atoms with Gasteiger partial charge in [0.25, 0.3) is 0 Å². The van der Waals surface area contributed by atoms with Crippen LogP contribution in [0.15, 0.2) is 30.3 Å². The van der Waals surface area contributed by atoms with Crippen LogP contribution >= 0.6 is 57.4 Å². The lowest BCUT2D eigenvalue weighted by Gasteiger charge is -2.07. The molecule has 0 saturated carbocycles. The van der Waals surface area contributed by atoms with Crippen molar-refractivity contribution in [3.8, 4) is 11.1 Å². The lowest BCUT2D eigenvalue weighted by molar-refractivity contribution is 0.630. The minimum Gasteiger partial charge on any atom is -0.206 e. The molecule has 0 aliphatic rings. The summed E-state index contributed by atoms with van der Waals surface area (Å²) >= 11 is 19.7. The average molecular weight is 401 g/mol. The molecule has 0 spiro atoms. The van der Waals surface area contributed by atoms with Crippen molar-refractivity contribution in [2.45, 2.75) is 0 Å². The third kappa shape index (κ3) is 2.87. The van der Waals surface area contributed by atoms with Gasteiger partial charge in [-0.15, -0.1) is 0 Å². The molecular formula is C12H5Cl3FI. The van der Waals surface area contributed by atoms with Crippen molar-refractivity contribution in [2.24, 2.45) is 0 Å². The number of benzene rings is 2. The first-order valence-electron chi connectivity index (χ1n) is 4.59. The van der Waals surface area contributed by atoms with Crippen LogP contribution in [0.25, 0.3) is 11.1 Å². The van der Waals surface area contributed by atoms with E-state index in [-0.39, 0.29) is 10.8 Å². The average Bonchev–Trinajstić information content (AvgIpc) is 2.25. The Morgan fingerprint density at radius 2 is 1.53 bits per heavy atom. The van der Waals surface area contributed by atoms with E-state index in [1.165, 1.54) is 6.07 Å². The van der Waals surface area contributed by atoms with Crippen LogP contribution in [-0.2, 0) is 0 Å². The molecule has 0 aliphatic heterocycles. The summed E-state index contributed by atoms with van der Waals surface area (Å²) in [5, 5.41) is 0.905. The van der Waals surface area contributed by atoms with E-state index in [2.05, 4.69) is 0 Å². The topological polar surface area (TPSA) is 0 Å². The van der Waals surface area contributed by atoms with E-state index in [4.69, 9.17) is 34.8 Å². The Labute approximate surface area is 127 Å². The van der Waals surface area contributed by atoms with Gasteiger partial charge >= 0.3 is 0 Å². The Bertz CT molecular complexity index is 561. The minimum absolute atomic E-state index is 0.281. The molecule has 0 bridgehead atoms. The molecular weight excluding hydrogens is 396 g/mol. The molecule has 2 rings (SSSR count). The zero-order valence-electron chi connectivity index (χ0n) is 8.28. The summed E-state index contributed by atoms with van der Waals surface area (Å²) in [6, 6.07) is 8.15. The highest BCUT2D eigenvalue weighted by atomic mass is 127. The Hall–Kier alpha value is -0.0300. The Balaban J connectivity index is 2.61. The van der Waals surface area contributed by atoms with Gasteiger partial charge in [0.1, 0.15) is 5.82 Å². The van der Waals surface area contributed by atoms with Gasteiger partial charge in [-0.1, -0.05) is 40.9 Å². The normalized spacial score (nSPS) is 10.6. The van der Waals surface area contributed by atoms with E-state index in [1.807, 2.05) is 28.7 Å². The van der Waals surface area contributed by atoms with Crippen LogP contribution in [0.1, 0.15) is 0 Å². The molecule has 17 heavy (non-hydrogen) atoms. The van der Waals surface area contributed by atoms with Crippen molar-refractivity contribution in [1.82, 2.24) is 0 Å². The van der Waals surface area contributed by atoms with E-state index >= 15 is 0 Å². The quantitative estimate of drug-likeness (QED) is 0.403. The summed E-state index contributed by atoms with van der Waals surface area (Å²) in [5.41, 5.74) is 1.06. The highest BCUT2D eigenvalue weighted by Crippen LogP contribution is 2.36. The summed E-state index contributed by atoms with van der Waals surface area (Å²) < 4.78 is 14.6. The third-order valence-electron chi connectivity index (χ3n) is 2.23. The predicted octanol–water partition coefficient (Wildman–Crippen LogP) is 6.06. The monoisotopic (exact) mass is 400 g/mol. The van der Waals surface area contributed by atoms with Crippen LogP contribution in [0, 0.1) is 9.39 Å². The summed E-state index contributed by atoms with van der Waals surface area (Å²) in [6.45, 7) is 0. The van der Waals surface area contributed by atoms with E-state index in [0.717, 1.165) is 3.57 Å². The number of rotatable bonds is 1. The standard InChI is InChI=1S/C12H5Cl3FI/c13-9-3-6(4-10(14)12(9)15)8-2-1-7(17)5-11(8)16/h1-5H. The molecule has 88 valence electrons. The largest absolute Gasteiger partial charge is 0.206 e. The highest BCUT2D eigenvalue weighted by Gasteiger charge is 2.10. The van der Waals surface area contributed by atoms with Gasteiger partial charge in [-0.05, 0) is 52.4 Å². The second-order valence-corrected chi connectivity index (χ2v) is 5.82. The lowest BCUT2D eigenvalue weighted by Crippen LogP contribution is -1.86. The van der Waals surface area contributed by atoms with Gasteiger partial charge < -0.3 is 0 Å². The Kier molecular flexibility index (Phi) is 4.18. The maximum atomic E-state index is 13.8. The first-order chi connectivity index (χ1) is 7.99. The van der Waals surface area contributed by atoms with Gasteiger partial charge in [-0.25, -0.2) is 4.39 Å². The summed E-state index contributed by atoms with van der Waals surface area (Å²) in [6.07, 6.45) is 0. The lowest BCUT2D eigenvalue weighted by atomic mass is 10.1. The SMILES string of the molecule is Fc1cc(I)ccc1-c1cc(Cl)c(Cl)c(Cl)c1. The minimum atomic E-state index is -0.314. The molecule has 0 nitrogen and oxygen atoms in total. The molecule has 0 aliphatic carbocycles. The Morgan fingerprint density at radius 1 is 0.941 bits per heavy atom. The van der Waals surface area contributed by atoms with Crippen molar-refractivity contribution >= 4 is 57.4 Å². The highest BCUT2D eigenvalue weighted by molar-refractivity contribution is 14.1. The van der Waals surface area contributed by atoms with Crippen molar-refractivity contribution < 1.29 is 4.39 Å². The summed E-state index contributed by atoms with van der Waals surface area (Å²) in [7, 11) is 0. The first-order valence-corrected chi connectivity index (χ1v) is 6.80. The maximum absolute atomic E-state index is 13.8.